The summed E-state index contributed by atoms with van der Waals surface area (Å²) in [5, 5.41) is 1.22. The summed E-state index contributed by atoms with van der Waals surface area (Å²) in [7, 11) is 0. The van der Waals surface area contributed by atoms with E-state index in [4.69, 9.17) is 4.98 Å². The van der Waals surface area contributed by atoms with Crippen molar-refractivity contribution in [3.8, 4) is 0 Å². The Balaban J connectivity index is 1.59. The molecular formula is C18H18BrNS. The van der Waals surface area contributed by atoms with Crippen LogP contribution in [-0.2, 0) is 12.8 Å². The minimum atomic E-state index is 0.485. The van der Waals surface area contributed by atoms with Crippen LogP contribution in [0.2, 0.25) is 0 Å². The largest absolute Gasteiger partial charge is 0.241 e. The number of thiazole rings is 1. The molecule has 0 saturated heterocycles. The number of aryl methyl sites for hydroxylation is 2. The van der Waals surface area contributed by atoms with E-state index >= 15 is 0 Å². The van der Waals surface area contributed by atoms with E-state index in [1.807, 2.05) is 11.3 Å². The standard InChI is InChI=1S/C18H18BrNS/c1-13-5-4-6-14(11-13)9-10-15(19)12-18-20-16-7-2-3-8-17(16)21-18/h2-8,11,15H,9-10,12H2,1H3. The van der Waals surface area contributed by atoms with Gasteiger partial charge in [0.15, 0.2) is 0 Å². The lowest BCUT2D eigenvalue weighted by atomic mass is 10.1. The molecular weight excluding hydrogens is 342 g/mol. The molecule has 1 aromatic heterocycles. The first kappa shape index (κ1) is 14.7. The molecule has 0 amide bonds. The van der Waals surface area contributed by atoms with Gasteiger partial charge in [-0.3, -0.25) is 0 Å². The number of alkyl halides is 1. The molecule has 3 aromatic rings. The second-order valence-corrected chi connectivity index (χ2v) is 7.81. The molecule has 0 aliphatic heterocycles. The van der Waals surface area contributed by atoms with Crippen molar-refractivity contribution < 1.29 is 0 Å². The van der Waals surface area contributed by atoms with Gasteiger partial charge in [-0.05, 0) is 37.5 Å². The van der Waals surface area contributed by atoms with Gasteiger partial charge in [-0.15, -0.1) is 11.3 Å². The predicted molar refractivity (Wildman–Crippen MR) is 95.5 cm³/mol. The fourth-order valence-electron chi connectivity index (χ4n) is 2.49. The molecule has 21 heavy (non-hydrogen) atoms. The van der Waals surface area contributed by atoms with Gasteiger partial charge in [0.1, 0.15) is 0 Å². The fraction of sp³-hybridized carbons (Fsp3) is 0.278. The average molecular weight is 360 g/mol. The second-order valence-electron chi connectivity index (χ2n) is 5.40. The van der Waals surface area contributed by atoms with Gasteiger partial charge in [0.25, 0.3) is 0 Å². The molecule has 0 aliphatic carbocycles. The monoisotopic (exact) mass is 359 g/mol. The minimum absolute atomic E-state index is 0.485. The number of hydrogen-bond acceptors (Lipinski definition) is 2. The number of aromatic nitrogens is 1. The summed E-state index contributed by atoms with van der Waals surface area (Å²) < 4.78 is 1.28. The molecule has 0 N–H and O–H groups in total. The highest BCUT2D eigenvalue weighted by molar-refractivity contribution is 9.09. The highest BCUT2D eigenvalue weighted by Crippen LogP contribution is 2.25. The first-order valence-electron chi connectivity index (χ1n) is 7.25. The second kappa shape index (κ2) is 6.71. The van der Waals surface area contributed by atoms with Gasteiger partial charge in [-0.25, -0.2) is 4.98 Å². The number of hydrogen-bond donors (Lipinski definition) is 0. The van der Waals surface area contributed by atoms with Crippen LogP contribution in [-0.4, -0.2) is 9.81 Å². The Hall–Kier alpha value is -1.19. The zero-order valence-electron chi connectivity index (χ0n) is 12.1. The van der Waals surface area contributed by atoms with Gasteiger partial charge < -0.3 is 0 Å². The summed E-state index contributed by atoms with van der Waals surface area (Å²) >= 11 is 5.62. The third-order valence-corrected chi connectivity index (χ3v) is 5.40. The maximum atomic E-state index is 4.71. The fourth-order valence-corrected chi connectivity index (χ4v) is 4.29. The smallest absolute Gasteiger partial charge is 0.0949 e. The number of halogens is 1. The summed E-state index contributed by atoms with van der Waals surface area (Å²) in [6.45, 7) is 2.15. The van der Waals surface area contributed by atoms with Crippen LogP contribution in [0.4, 0.5) is 0 Å². The van der Waals surface area contributed by atoms with Crippen molar-refractivity contribution in [1.29, 1.82) is 0 Å². The maximum absolute atomic E-state index is 4.71. The molecule has 0 fully saturated rings. The van der Waals surface area contributed by atoms with Crippen molar-refractivity contribution >= 4 is 37.5 Å². The van der Waals surface area contributed by atoms with Gasteiger partial charge >= 0.3 is 0 Å². The lowest BCUT2D eigenvalue weighted by molar-refractivity contribution is 0.760. The van der Waals surface area contributed by atoms with E-state index in [0.717, 1.165) is 24.8 Å². The molecule has 1 unspecified atom stereocenters. The number of nitrogens with zero attached hydrogens (tertiary/aromatic N) is 1. The normalized spacial score (nSPS) is 12.7. The Morgan fingerprint density at radius 3 is 2.81 bits per heavy atom. The minimum Gasteiger partial charge on any atom is -0.241 e. The number of rotatable bonds is 5. The lowest BCUT2D eigenvalue weighted by Crippen LogP contribution is -2.04. The van der Waals surface area contributed by atoms with Gasteiger partial charge in [0.05, 0.1) is 15.2 Å². The van der Waals surface area contributed by atoms with E-state index in [9.17, 15) is 0 Å². The SMILES string of the molecule is Cc1cccc(CCC(Br)Cc2nc3ccccc3s2)c1. The topological polar surface area (TPSA) is 12.9 Å². The number of benzene rings is 2. The zero-order valence-corrected chi connectivity index (χ0v) is 14.5. The lowest BCUT2D eigenvalue weighted by Gasteiger charge is -2.08. The van der Waals surface area contributed by atoms with E-state index in [1.54, 1.807) is 0 Å². The van der Waals surface area contributed by atoms with Crippen LogP contribution in [0.15, 0.2) is 48.5 Å². The maximum Gasteiger partial charge on any atom is 0.0949 e. The van der Waals surface area contributed by atoms with Crippen molar-refractivity contribution in [2.24, 2.45) is 0 Å². The van der Waals surface area contributed by atoms with E-state index in [2.05, 4.69) is 71.4 Å². The molecule has 0 radical (unpaired) electrons. The van der Waals surface area contributed by atoms with Crippen molar-refractivity contribution in [3.63, 3.8) is 0 Å². The van der Waals surface area contributed by atoms with E-state index in [0.29, 0.717) is 4.83 Å². The van der Waals surface area contributed by atoms with Crippen LogP contribution < -0.4 is 0 Å². The Morgan fingerprint density at radius 2 is 2.00 bits per heavy atom. The molecule has 0 aliphatic rings. The highest BCUT2D eigenvalue weighted by atomic mass is 79.9. The summed E-state index contributed by atoms with van der Waals surface area (Å²) in [6, 6.07) is 17.1. The molecule has 1 heterocycles. The van der Waals surface area contributed by atoms with Gasteiger partial charge in [-0.2, -0.15) is 0 Å². The molecule has 1 atom stereocenters. The average Bonchev–Trinajstić information content (AvgIpc) is 2.87. The molecule has 0 saturated carbocycles. The summed E-state index contributed by atoms with van der Waals surface area (Å²) in [5.41, 5.74) is 3.88. The summed E-state index contributed by atoms with van der Waals surface area (Å²) in [4.78, 5) is 5.20. The summed E-state index contributed by atoms with van der Waals surface area (Å²) in [5.74, 6) is 0. The van der Waals surface area contributed by atoms with Crippen molar-refractivity contribution in [2.45, 2.75) is 31.0 Å². The summed E-state index contributed by atoms with van der Waals surface area (Å²) in [6.07, 6.45) is 3.26. The first-order valence-corrected chi connectivity index (χ1v) is 8.98. The Bertz CT molecular complexity index is 702. The van der Waals surface area contributed by atoms with Crippen molar-refractivity contribution in [1.82, 2.24) is 4.98 Å². The molecule has 108 valence electrons. The predicted octanol–water partition coefficient (Wildman–Crippen LogP) is 5.54. The van der Waals surface area contributed by atoms with Crippen LogP contribution in [0.3, 0.4) is 0 Å². The van der Waals surface area contributed by atoms with Crippen LogP contribution in [0.1, 0.15) is 22.6 Å². The first-order chi connectivity index (χ1) is 10.2. The molecule has 3 heteroatoms. The Kier molecular flexibility index (Phi) is 4.71. The van der Waals surface area contributed by atoms with Crippen molar-refractivity contribution in [2.75, 3.05) is 0 Å². The van der Waals surface area contributed by atoms with E-state index in [1.165, 1.54) is 20.8 Å². The number of para-hydroxylation sites is 1. The van der Waals surface area contributed by atoms with Crippen LogP contribution >= 0.6 is 27.3 Å². The highest BCUT2D eigenvalue weighted by Gasteiger charge is 2.10. The van der Waals surface area contributed by atoms with Gasteiger partial charge in [0, 0.05) is 11.2 Å². The molecule has 1 nitrogen and oxygen atoms in total. The zero-order chi connectivity index (χ0) is 14.7. The van der Waals surface area contributed by atoms with Gasteiger partial charge in [0.2, 0.25) is 0 Å². The molecule has 0 spiro atoms. The molecule has 3 rings (SSSR count). The van der Waals surface area contributed by atoms with Crippen molar-refractivity contribution in [3.05, 3.63) is 64.7 Å². The molecule has 0 bridgehead atoms. The third-order valence-electron chi connectivity index (χ3n) is 3.56. The Morgan fingerprint density at radius 1 is 1.14 bits per heavy atom. The van der Waals surface area contributed by atoms with Crippen LogP contribution in [0.25, 0.3) is 10.2 Å². The van der Waals surface area contributed by atoms with Crippen LogP contribution in [0.5, 0.6) is 0 Å². The van der Waals surface area contributed by atoms with Gasteiger partial charge in [-0.1, -0.05) is 57.9 Å². The third kappa shape index (κ3) is 3.92. The molecule has 2 aromatic carbocycles. The number of fused-ring (bicyclic) bond motifs is 1. The van der Waals surface area contributed by atoms with E-state index in [-0.39, 0.29) is 0 Å². The quantitative estimate of drug-likeness (QED) is 0.544. The Labute approximate surface area is 138 Å². The van der Waals surface area contributed by atoms with E-state index < -0.39 is 0 Å². The van der Waals surface area contributed by atoms with Crippen LogP contribution in [0, 0.1) is 6.92 Å².